The monoisotopic (exact) mass is 299 g/mol. The quantitative estimate of drug-likeness (QED) is 0.702. The summed E-state index contributed by atoms with van der Waals surface area (Å²) in [5, 5.41) is 2.66. The van der Waals surface area contributed by atoms with E-state index in [2.05, 4.69) is 5.32 Å². The summed E-state index contributed by atoms with van der Waals surface area (Å²) in [5.41, 5.74) is 4.70. The highest BCUT2D eigenvalue weighted by Crippen LogP contribution is 2.17. The highest BCUT2D eigenvalue weighted by atomic mass is 16.6. The lowest BCUT2D eigenvalue weighted by molar-refractivity contribution is -0.128. The van der Waals surface area contributed by atoms with Crippen molar-refractivity contribution in [2.24, 2.45) is 11.7 Å². The van der Waals surface area contributed by atoms with Gasteiger partial charge in [-0.3, -0.25) is 9.59 Å². The van der Waals surface area contributed by atoms with Crippen molar-refractivity contribution in [1.82, 2.24) is 10.2 Å². The normalized spacial score (nSPS) is 18.7. The number of likely N-dealkylation sites (tertiary alicyclic amines) is 1. The summed E-state index contributed by atoms with van der Waals surface area (Å²) in [4.78, 5) is 35.7. The van der Waals surface area contributed by atoms with Crippen LogP contribution in [0.15, 0.2) is 0 Å². The van der Waals surface area contributed by atoms with Gasteiger partial charge in [0.2, 0.25) is 11.8 Å². The topological polar surface area (TPSA) is 102 Å². The molecule has 120 valence electrons. The molecule has 1 aliphatic rings. The lowest BCUT2D eigenvalue weighted by Crippen LogP contribution is -2.33. The molecule has 0 aromatic rings. The minimum atomic E-state index is -0.504. The van der Waals surface area contributed by atoms with Gasteiger partial charge >= 0.3 is 6.09 Å². The van der Waals surface area contributed by atoms with Gasteiger partial charge < -0.3 is 20.7 Å². The smallest absolute Gasteiger partial charge is 0.407 e. The predicted molar refractivity (Wildman–Crippen MR) is 77.4 cm³/mol. The Balaban J connectivity index is 2.14. The van der Waals surface area contributed by atoms with E-state index in [1.807, 2.05) is 0 Å². The summed E-state index contributed by atoms with van der Waals surface area (Å²) in [6, 6.07) is 0. The van der Waals surface area contributed by atoms with Crippen molar-refractivity contribution < 1.29 is 19.1 Å². The van der Waals surface area contributed by atoms with Gasteiger partial charge in [0.15, 0.2) is 0 Å². The number of primary amides is 1. The van der Waals surface area contributed by atoms with Crippen molar-refractivity contribution in [1.29, 1.82) is 0 Å². The molecule has 3 amide bonds. The first-order valence-electron chi connectivity index (χ1n) is 7.23. The van der Waals surface area contributed by atoms with E-state index < -0.39 is 17.6 Å². The molecule has 7 heteroatoms. The minimum Gasteiger partial charge on any atom is -0.444 e. The van der Waals surface area contributed by atoms with Crippen LogP contribution >= 0.6 is 0 Å². The molecule has 1 saturated heterocycles. The number of amides is 3. The summed E-state index contributed by atoms with van der Waals surface area (Å²) in [6.45, 7) is 6.91. The van der Waals surface area contributed by atoms with Crippen LogP contribution in [0.2, 0.25) is 0 Å². The van der Waals surface area contributed by atoms with Gasteiger partial charge in [0, 0.05) is 26.1 Å². The number of alkyl carbamates (subject to hydrolysis) is 1. The second-order valence-electron chi connectivity index (χ2n) is 6.28. The molecule has 21 heavy (non-hydrogen) atoms. The zero-order valence-corrected chi connectivity index (χ0v) is 13.0. The number of rotatable bonds is 6. The molecule has 0 saturated carbocycles. The molecule has 7 nitrogen and oxygen atoms in total. The number of carbonyl (C=O) groups excluding carboxylic acids is 3. The molecule has 1 rings (SSSR count). The maximum atomic E-state index is 11.6. The molecular formula is C14H25N3O4. The third kappa shape index (κ3) is 6.46. The molecule has 0 aromatic carbocycles. The fraction of sp³-hybridized carbons (Fsp3) is 0.786. The standard InChI is InChI=1S/C14H25N3O4/c1-14(2,3)21-13(20)16-6-4-5-7-17-9-10(12(15)19)8-11(17)18/h10H,4-9H2,1-3H3,(H2,15,19)(H,16,20). The number of nitrogens with zero attached hydrogens (tertiary/aromatic N) is 1. The summed E-state index contributed by atoms with van der Waals surface area (Å²) in [5.74, 6) is -0.811. The molecule has 1 unspecified atom stereocenters. The van der Waals surface area contributed by atoms with Gasteiger partial charge in [-0.25, -0.2) is 4.79 Å². The number of nitrogens with one attached hydrogen (secondary N) is 1. The van der Waals surface area contributed by atoms with E-state index in [9.17, 15) is 14.4 Å². The first-order valence-corrected chi connectivity index (χ1v) is 7.23. The Hall–Kier alpha value is -1.79. The summed E-state index contributed by atoms with van der Waals surface area (Å²) >= 11 is 0. The van der Waals surface area contributed by atoms with E-state index >= 15 is 0 Å². The highest BCUT2D eigenvalue weighted by molar-refractivity contribution is 5.88. The molecule has 0 spiro atoms. The predicted octanol–water partition coefficient (Wildman–Crippen LogP) is 0.625. The molecule has 0 aromatic heterocycles. The van der Waals surface area contributed by atoms with Crippen molar-refractivity contribution in [3.8, 4) is 0 Å². The average Bonchev–Trinajstić information content (AvgIpc) is 2.68. The van der Waals surface area contributed by atoms with Crippen LogP contribution in [0.4, 0.5) is 4.79 Å². The van der Waals surface area contributed by atoms with Gasteiger partial charge in [0.25, 0.3) is 0 Å². The summed E-state index contributed by atoms with van der Waals surface area (Å²) in [7, 11) is 0. The van der Waals surface area contributed by atoms with Crippen molar-refractivity contribution in [3.05, 3.63) is 0 Å². The molecule has 0 radical (unpaired) electrons. The molecule has 1 atom stereocenters. The van der Waals surface area contributed by atoms with Gasteiger partial charge in [0.1, 0.15) is 5.60 Å². The fourth-order valence-corrected chi connectivity index (χ4v) is 2.11. The van der Waals surface area contributed by atoms with E-state index in [1.54, 1.807) is 25.7 Å². The Bertz CT molecular complexity index is 404. The number of carbonyl (C=O) groups is 3. The number of hydrogen-bond donors (Lipinski definition) is 2. The number of nitrogens with two attached hydrogens (primary N) is 1. The van der Waals surface area contributed by atoms with Gasteiger partial charge in [-0.15, -0.1) is 0 Å². The van der Waals surface area contributed by atoms with Gasteiger partial charge in [-0.1, -0.05) is 0 Å². The number of hydrogen-bond acceptors (Lipinski definition) is 4. The van der Waals surface area contributed by atoms with Crippen molar-refractivity contribution in [2.75, 3.05) is 19.6 Å². The Morgan fingerprint density at radius 1 is 1.38 bits per heavy atom. The Kier molecular flexibility index (Phi) is 5.99. The SMILES string of the molecule is CC(C)(C)OC(=O)NCCCCN1CC(C(N)=O)CC1=O. The summed E-state index contributed by atoms with van der Waals surface area (Å²) in [6.07, 6.45) is 1.27. The third-order valence-electron chi connectivity index (χ3n) is 3.14. The van der Waals surface area contributed by atoms with Crippen LogP contribution in [-0.2, 0) is 14.3 Å². The average molecular weight is 299 g/mol. The van der Waals surface area contributed by atoms with Crippen LogP contribution in [0, 0.1) is 5.92 Å². The lowest BCUT2D eigenvalue weighted by atomic mass is 10.1. The second-order valence-corrected chi connectivity index (χ2v) is 6.28. The zero-order valence-electron chi connectivity index (χ0n) is 13.0. The third-order valence-corrected chi connectivity index (χ3v) is 3.14. The van der Waals surface area contributed by atoms with E-state index in [-0.39, 0.29) is 18.2 Å². The zero-order chi connectivity index (χ0) is 16.0. The molecule has 1 fully saturated rings. The largest absolute Gasteiger partial charge is 0.444 e. The first-order chi connectivity index (χ1) is 9.69. The minimum absolute atomic E-state index is 0.0288. The van der Waals surface area contributed by atoms with Crippen molar-refractivity contribution in [3.63, 3.8) is 0 Å². The van der Waals surface area contributed by atoms with Crippen molar-refractivity contribution in [2.45, 2.75) is 45.6 Å². The molecular weight excluding hydrogens is 274 g/mol. The molecule has 1 heterocycles. The number of unbranched alkanes of at least 4 members (excludes halogenated alkanes) is 1. The number of ether oxygens (including phenoxy) is 1. The maximum absolute atomic E-state index is 11.6. The molecule has 0 aliphatic carbocycles. The van der Waals surface area contributed by atoms with Crippen LogP contribution in [0.25, 0.3) is 0 Å². The van der Waals surface area contributed by atoms with Crippen LogP contribution in [-0.4, -0.2) is 48.0 Å². The molecule has 3 N–H and O–H groups in total. The second kappa shape index (κ2) is 7.28. The van der Waals surface area contributed by atoms with Crippen LogP contribution in [0.5, 0.6) is 0 Å². The van der Waals surface area contributed by atoms with E-state index in [0.29, 0.717) is 19.6 Å². The van der Waals surface area contributed by atoms with Crippen LogP contribution in [0.1, 0.15) is 40.0 Å². The Morgan fingerprint density at radius 2 is 2.05 bits per heavy atom. The van der Waals surface area contributed by atoms with Gasteiger partial charge in [0.05, 0.1) is 5.92 Å². The van der Waals surface area contributed by atoms with Crippen LogP contribution in [0.3, 0.4) is 0 Å². The Morgan fingerprint density at radius 3 is 2.57 bits per heavy atom. The molecule has 1 aliphatic heterocycles. The first kappa shape index (κ1) is 17.3. The lowest BCUT2D eigenvalue weighted by Gasteiger charge is -2.20. The van der Waals surface area contributed by atoms with Crippen LogP contribution < -0.4 is 11.1 Å². The van der Waals surface area contributed by atoms with E-state index in [0.717, 1.165) is 12.8 Å². The highest BCUT2D eigenvalue weighted by Gasteiger charge is 2.32. The fourth-order valence-electron chi connectivity index (χ4n) is 2.11. The summed E-state index contributed by atoms with van der Waals surface area (Å²) < 4.78 is 5.11. The van der Waals surface area contributed by atoms with Gasteiger partial charge in [-0.2, -0.15) is 0 Å². The van der Waals surface area contributed by atoms with E-state index in [1.165, 1.54) is 0 Å². The van der Waals surface area contributed by atoms with Crippen molar-refractivity contribution >= 4 is 17.9 Å². The maximum Gasteiger partial charge on any atom is 0.407 e. The van der Waals surface area contributed by atoms with E-state index in [4.69, 9.17) is 10.5 Å². The molecule has 0 bridgehead atoms. The Labute approximate surface area is 125 Å². The van der Waals surface area contributed by atoms with Gasteiger partial charge in [-0.05, 0) is 33.6 Å².